The van der Waals surface area contributed by atoms with Gasteiger partial charge in [-0.2, -0.15) is 0 Å². The summed E-state index contributed by atoms with van der Waals surface area (Å²) in [5, 5.41) is 10.9. The smallest absolute Gasteiger partial charge is 0.302 e. The largest absolute Gasteiger partial charge is 0.463 e. The molecular formula is C29H32O7. The minimum atomic E-state index is -1.30. The molecule has 3 aromatic rings. The number of hydrogen-bond donors (Lipinski definition) is 1. The second-order valence-electron chi connectivity index (χ2n) is 8.65. The molecule has 0 aromatic heterocycles. The Morgan fingerprint density at radius 1 is 0.694 bits per heavy atom. The third kappa shape index (κ3) is 7.46. The van der Waals surface area contributed by atoms with Gasteiger partial charge in [0.05, 0.1) is 19.8 Å². The van der Waals surface area contributed by atoms with Crippen LogP contribution in [0, 0.1) is 0 Å². The van der Waals surface area contributed by atoms with E-state index in [1.807, 2.05) is 91.0 Å². The van der Waals surface area contributed by atoms with Crippen LogP contribution in [-0.4, -0.2) is 48.4 Å². The van der Waals surface area contributed by atoms with E-state index in [1.165, 1.54) is 6.92 Å². The summed E-state index contributed by atoms with van der Waals surface area (Å²) in [5.74, 6) is -0.445. The third-order valence-corrected chi connectivity index (χ3v) is 5.92. The van der Waals surface area contributed by atoms with Gasteiger partial charge in [-0.15, -0.1) is 0 Å². The Hall–Kier alpha value is -3.07. The monoisotopic (exact) mass is 492 g/mol. The lowest BCUT2D eigenvalue weighted by Crippen LogP contribution is -2.61. The van der Waals surface area contributed by atoms with Gasteiger partial charge in [0.1, 0.15) is 31.0 Å². The van der Waals surface area contributed by atoms with Gasteiger partial charge >= 0.3 is 5.97 Å². The van der Waals surface area contributed by atoms with Crippen molar-refractivity contribution in [1.82, 2.24) is 0 Å². The summed E-state index contributed by atoms with van der Waals surface area (Å²) in [4.78, 5) is 11.5. The average Bonchev–Trinajstić information content (AvgIpc) is 2.91. The van der Waals surface area contributed by atoms with Gasteiger partial charge in [-0.25, -0.2) is 0 Å². The normalized spacial score (nSPS) is 23.8. The van der Waals surface area contributed by atoms with Crippen molar-refractivity contribution in [3.8, 4) is 0 Å². The molecule has 0 aliphatic carbocycles. The van der Waals surface area contributed by atoms with E-state index in [2.05, 4.69) is 0 Å². The van der Waals surface area contributed by atoms with Crippen LogP contribution in [0.2, 0.25) is 0 Å². The van der Waals surface area contributed by atoms with E-state index < -0.39 is 36.7 Å². The van der Waals surface area contributed by atoms with Gasteiger partial charge in [-0.3, -0.25) is 4.79 Å². The molecular weight excluding hydrogens is 460 g/mol. The summed E-state index contributed by atoms with van der Waals surface area (Å²) in [6, 6.07) is 29.2. The predicted molar refractivity (Wildman–Crippen MR) is 133 cm³/mol. The molecule has 0 radical (unpaired) electrons. The second kappa shape index (κ2) is 13.3. The number of aliphatic hydroxyl groups excluding tert-OH is 1. The molecule has 36 heavy (non-hydrogen) atoms. The van der Waals surface area contributed by atoms with Crippen LogP contribution in [0.15, 0.2) is 91.0 Å². The first-order chi connectivity index (χ1) is 17.6. The molecule has 1 fully saturated rings. The summed E-state index contributed by atoms with van der Waals surface area (Å²) >= 11 is 0. The molecule has 1 saturated heterocycles. The minimum Gasteiger partial charge on any atom is -0.463 e. The van der Waals surface area contributed by atoms with Gasteiger partial charge in [-0.1, -0.05) is 91.0 Å². The lowest BCUT2D eigenvalue weighted by molar-refractivity contribution is -0.315. The maximum atomic E-state index is 11.5. The maximum Gasteiger partial charge on any atom is 0.302 e. The molecule has 1 aliphatic rings. The number of hydrogen-bond acceptors (Lipinski definition) is 7. The minimum absolute atomic E-state index is 0.0809. The number of benzene rings is 3. The zero-order valence-electron chi connectivity index (χ0n) is 20.3. The molecule has 0 spiro atoms. The van der Waals surface area contributed by atoms with Crippen LogP contribution in [0.5, 0.6) is 0 Å². The van der Waals surface area contributed by atoms with Crippen molar-refractivity contribution in [3.63, 3.8) is 0 Å². The van der Waals surface area contributed by atoms with E-state index >= 15 is 0 Å². The highest BCUT2D eigenvalue weighted by Gasteiger charge is 2.48. The molecule has 3 aromatic carbocycles. The van der Waals surface area contributed by atoms with Crippen LogP contribution in [0.3, 0.4) is 0 Å². The Bertz CT molecular complexity index is 1040. The molecule has 4 rings (SSSR count). The fourth-order valence-electron chi connectivity index (χ4n) is 4.10. The lowest BCUT2D eigenvalue weighted by Gasteiger charge is -2.44. The second-order valence-corrected chi connectivity index (χ2v) is 8.65. The van der Waals surface area contributed by atoms with Crippen molar-refractivity contribution in [2.24, 2.45) is 0 Å². The number of carbonyl (C=O) groups excluding carboxylic acids is 1. The van der Waals surface area contributed by atoms with Crippen LogP contribution < -0.4 is 0 Å². The topological polar surface area (TPSA) is 83.5 Å². The number of esters is 1. The van der Waals surface area contributed by atoms with Crippen molar-refractivity contribution in [2.45, 2.75) is 57.5 Å². The SMILES string of the molecule is CC(=O)OCC1OC(O)C(OCc2ccccc2)[C@H](OCc2ccccc2)[C@@H]1OCc1ccccc1. The van der Waals surface area contributed by atoms with Crippen LogP contribution in [0.1, 0.15) is 23.6 Å². The van der Waals surface area contributed by atoms with Crippen LogP contribution >= 0.6 is 0 Å². The number of ether oxygens (including phenoxy) is 5. The molecule has 7 nitrogen and oxygen atoms in total. The lowest BCUT2D eigenvalue weighted by atomic mass is 9.98. The van der Waals surface area contributed by atoms with Crippen LogP contribution in [-0.2, 0) is 48.3 Å². The van der Waals surface area contributed by atoms with Crippen molar-refractivity contribution >= 4 is 5.97 Å². The Kier molecular flexibility index (Phi) is 9.61. The van der Waals surface area contributed by atoms with E-state index in [0.717, 1.165) is 16.7 Å². The zero-order chi connectivity index (χ0) is 25.2. The maximum absolute atomic E-state index is 11.5. The highest BCUT2D eigenvalue weighted by Crippen LogP contribution is 2.30. The number of aliphatic hydroxyl groups is 1. The van der Waals surface area contributed by atoms with Gasteiger partial charge in [0.25, 0.3) is 0 Å². The van der Waals surface area contributed by atoms with Crippen LogP contribution in [0.25, 0.3) is 0 Å². The standard InChI is InChI=1S/C29H32O7/c1-21(30)32-20-25-26(33-17-22-11-5-2-6-12-22)27(34-18-23-13-7-3-8-14-23)28(29(31)36-25)35-19-24-15-9-4-10-16-24/h2-16,25-29,31H,17-20H2,1H3/t25?,26-,27-,28?,29?/m1/s1. The first-order valence-corrected chi connectivity index (χ1v) is 12.0. The number of rotatable bonds is 11. The zero-order valence-corrected chi connectivity index (χ0v) is 20.3. The molecule has 1 aliphatic heterocycles. The highest BCUT2D eigenvalue weighted by molar-refractivity contribution is 5.65. The van der Waals surface area contributed by atoms with E-state index in [0.29, 0.717) is 0 Å². The van der Waals surface area contributed by atoms with Gasteiger partial charge in [0, 0.05) is 6.92 Å². The summed E-state index contributed by atoms with van der Waals surface area (Å²) in [7, 11) is 0. The molecule has 190 valence electrons. The summed E-state index contributed by atoms with van der Waals surface area (Å²) < 4.78 is 29.9. The molecule has 1 N–H and O–H groups in total. The quantitative estimate of drug-likeness (QED) is 0.405. The van der Waals surface area contributed by atoms with E-state index in [1.54, 1.807) is 0 Å². The molecule has 5 atom stereocenters. The molecule has 1 heterocycles. The van der Waals surface area contributed by atoms with Crippen LogP contribution in [0.4, 0.5) is 0 Å². The Morgan fingerprint density at radius 3 is 1.56 bits per heavy atom. The highest BCUT2D eigenvalue weighted by atomic mass is 16.7. The van der Waals surface area contributed by atoms with E-state index in [-0.39, 0.29) is 26.4 Å². The fraction of sp³-hybridized carbons (Fsp3) is 0.345. The Balaban J connectivity index is 1.57. The van der Waals surface area contributed by atoms with Gasteiger partial charge in [-0.05, 0) is 16.7 Å². The molecule has 0 bridgehead atoms. The number of carbonyl (C=O) groups is 1. The van der Waals surface area contributed by atoms with E-state index in [4.69, 9.17) is 23.7 Å². The average molecular weight is 493 g/mol. The molecule has 3 unspecified atom stereocenters. The van der Waals surface area contributed by atoms with Crippen molar-refractivity contribution in [1.29, 1.82) is 0 Å². The molecule has 0 saturated carbocycles. The Morgan fingerprint density at radius 2 is 1.11 bits per heavy atom. The van der Waals surface area contributed by atoms with Gasteiger partial charge in [0.15, 0.2) is 6.29 Å². The molecule has 0 amide bonds. The first-order valence-electron chi connectivity index (χ1n) is 12.0. The van der Waals surface area contributed by atoms with Crippen molar-refractivity contribution < 1.29 is 33.6 Å². The molecule has 7 heteroatoms. The first kappa shape index (κ1) is 26.0. The Labute approximate surface area is 211 Å². The van der Waals surface area contributed by atoms with E-state index in [9.17, 15) is 9.90 Å². The summed E-state index contributed by atoms with van der Waals surface area (Å²) in [5.41, 5.74) is 2.90. The van der Waals surface area contributed by atoms with Crippen molar-refractivity contribution in [2.75, 3.05) is 6.61 Å². The third-order valence-electron chi connectivity index (χ3n) is 5.92. The summed E-state index contributed by atoms with van der Waals surface area (Å²) in [6.45, 7) is 2.08. The van der Waals surface area contributed by atoms with Crippen molar-refractivity contribution in [3.05, 3.63) is 108 Å². The summed E-state index contributed by atoms with van der Waals surface area (Å²) in [6.07, 6.45) is -4.24. The fourth-order valence-corrected chi connectivity index (χ4v) is 4.10. The van der Waals surface area contributed by atoms with Gasteiger partial charge < -0.3 is 28.8 Å². The van der Waals surface area contributed by atoms with Gasteiger partial charge in [0.2, 0.25) is 0 Å². The predicted octanol–water partition coefficient (Wildman–Crippen LogP) is 4.02.